The summed E-state index contributed by atoms with van der Waals surface area (Å²) in [6.45, 7) is 0.715. The molecule has 0 unspecified atom stereocenters. The number of nitrogens with two attached hydrogens (primary N) is 2. The molecule has 0 radical (unpaired) electrons. The molecule has 0 atom stereocenters. The van der Waals surface area contributed by atoms with Crippen molar-refractivity contribution in [2.75, 3.05) is 13.1 Å². The number of aromatic nitrogens is 2. The zero-order valence-electron chi connectivity index (χ0n) is 15.3. The molecule has 2 aromatic rings. The number of rotatable bonds is 9. The number of hydrogen-bond acceptors (Lipinski definition) is 4. The number of H-pyrrole nitrogens is 2. The van der Waals surface area contributed by atoms with Gasteiger partial charge in [-0.15, -0.1) is 0 Å². The molecule has 0 aliphatic rings. The van der Waals surface area contributed by atoms with Crippen molar-refractivity contribution in [2.45, 2.75) is 12.8 Å². The molecule has 154 valence electrons. The van der Waals surface area contributed by atoms with Crippen molar-refractivity contribution in [2.24, 2.45) is 16.5 Å². The zero-order valence-corrected chi connectivity index (χ0v) is 15.3. The summed E-state index contributed by atoms with van der Waals surface area (Å²) < 4.78 is 0. The molecular formula is C17H21N7O5. The first-order chi connectivity index (χ1) is 13.8. The summed E-state index contributed by atoms with van der Waals surface area (Å²) in [5.74, 6) is -3.01. The van der Waals surface area contributed by atoms with Crippen LogP contribution in [0.5, 0.6) is 0 Å². The number of amides is 3. The average molecular weight is 403 g/mol. The third kappa shape index (κ3) is 6.23. The van der Waals surface area contributed by atoms with E-state index < -0.39 is 23.7 Å². The number of unbranched alkanes of at least 4 members (excludes halogenated alkanes) is 1. The molecule has 12 heteroatoms. The summed E-state index contributed by atoms with van der Waals surface area (Å²) >= 11 is 0. The van der Waals surface area contributed by atoms with Gasteiger partial charge in [-0.2, -0.15) is 4.99 Å². The molecule has 12 nitrogen and oxygen atoms in total. The average Bonchev–Trinajstić information content (AvgIpc) is 3.33. The molecule has 2 heterocycles. The third-order valence-electron chi connectivity index (χ3n) is 3.73. The van der Waals surface area contributed by atoms with Gasteiger partial charge < -0.3 is 37.2 Å². The van der Waals surface area contributed by atoms with Crippen molar-refractivity contribution >= 4 is 29.7 Å². The van der Waals surface area contributed by atoms with Gasteiger partial charge in [0, 0.05) is 13.1 Å². The van der Waals surface area contributed by atoms with E-state index in [1.807, 2.05) is 0 Å². The second kappa shape index (κ2) is 9.73. The minimum atomic E-state index is -1.14. The van der Waals surface area contributed by atoms with Crippen LogP contribution in [-0.2, 0) is 0 Å². The van der Waals surface area contributed by atoms with Crippen molar-refractivity contribution < 1.29 is 24.3 Å². The molecule has 0 aromatic carbocycles. The van der Waals surface area contributed by atoms with Crippen LogP contribution in [0.25, 0.3) is 0 Å². The van der Waals surface area contributed by atoms with Crippen LogP contribution in [0.2, 0.25) is 0 Å². The fourth-order valence-corrected chi connectivity index (χ4v) is 2.33. The first kappa shape index (κ1) is 21.2. The Balaban J connectivity index is 1.67. The van der Waals surface area contributed by atoms with Crippen LogP contribution >= 0.6 is 0 Å². The number of nitrogens with zero attached hydrogens (tertiary/aromatic N) is 1. The monoisotopic (exact) mass is 403 g/mol. The van der Waals surface area contributed by atoms with Crippen molar-refractivity contribution in [3.63, 3.8) is 0 Å². The predicted molar refractivity (Wildman–Crippen MR) is 103 cm³/mol. The summed E-state index contributed by atoms with van der Waals surface area (Å²) in [7, 11) is 0. The molecule has 0 spiro atoms. The molecule has 2 aromatic heterocycles. The van der Waals surface area contributed by atoms with Gasteiger partial charge in [-0.1, -0.05) is 0 Å². The largest absolute Gasteiger partial charge is 0.477 e. The van der Waals surface area contributed by atoms with E-state index in [-0.39, 0.29) is 28.7 Å². The summed E-state index contributed by atoms with van der Waals surface area (Å²) in [6, 6.07) is 5.54. The quantitative estimate of drug-likeness (QED) is 0.164. The van der Waals surface area contributed by atoms with E-state index >= 15 is 0 Å². The lowest BCUT2D eigenvalue weighted by molar-refractivity contribution is 0.0690. The van der Waals surface area contributed by atoms with Crippen LogP contribution in [0, 0.1) is 0 Å². The lowest BCUT2D eigenvalue weighted by atomic mass is 10.3. The smallest absolute Gasteiger partial charge is 0.352 e. The van der Waals surface area contributed by atoms with Crippen LogP contribution in [0.1, 0.15) is 54.8 Å². The van der Waals surface area contributed by atoms with Crippen LogP contribution in [0.3, 0.4) is 0 Å². The summed E-state index contributed by atoms with van der Waals surface area (Å²) in [4.78, 5) is 54.8. The fraction of sp³-hybridized carbons (Fsp3) is 0.235. The number of aromatic carboxylic acids is 1. The molecule has 0 fully saturated rings. The Bertz CT molecular complexity index is 940. The van der Waals surface area contributed by atoms with Gasteiger partial charge in [0.15, 0.2) is 5.96 Å². The molecule has 29 heavy (non-hydrogen) atoms. The normalized spacial score (nSPS) is 10.2. The van der Waals surface area contributed by atoms with Gasteiger partial charge in [-0.05, 0) is 37.1 Å². The Labute approximate surface area is 164 Å². The number of carbonyl (C=O) groups excluding carboxylic acids is 3. The first-order valence-corrected chi connectivity index (χ1v) is 8.59. The number of nitrogens with one attached hydrogen (secondary N) is 4. The number of carboxylic acid groups (broad SMARTS) is 1. The molecule has 0 bridgehead atoms. The van der Waals surface area contributed by atoms with E-state index in [1.54, 1.807) is 0 Å². The highest BCUT2D eigenvalue weighted by Crippen LogP contribution is 2.04. The van der Waals surface area contributed by atoms with Crippen LogP contribution in [0.4, 0.5) is 0 Å². The van der Waals surface area contributed by atoms with Gasteiger partial charge in [-0.3, -0.25) is 14.4 Å². The first-order valence-electron chi connectivity index (χ1n) is 8.59. The lowest BCUT2D eigenvalue weighted by Gasteiger charge is -2.05. The molecular weight excluding hydrogens is 382 g/mol. The Kier molecular flexibility index (Phi) is 7.12. The highest BCUT2D eigenvalue weighted by Gasteiger charge is 2.13. The van der Waals surface area contributed by atoms with Crippen LogP contribution < -0.4 is 22.1 Å². The number of aliphatic imine (C=N–C) groups is 1. The lowest BCUT2D eigenvalue weighted by Crippen LogP contribution is -2.27. The Morgan fingerprint density at radius 1 is 0.828 bits per heavy atom. The summed E-state index contributed by atoms with van der Waals surface area (Å²) in [5, 5.41) is 14.1. The maximum absolute atomic E-state index is 12.0. The number of guanidine groups is 1. The summed E-state index contributed by atoms with van der Waals surface area (Å²) in [6.07, 6.45) is 1.19. The fourth-order valence-electron chi connectivity index (χ4n) is 2.33. The minimum Gasteiger partial charge on any atom is -0.477 e. The molecule has 3 amide bonds. The maximum atomic E-state index is 12.0. The number of hydrogen-bond donors (Lipinski definition) is 7. The number of aromatic amines is 2. The third-order valence-corrected chi connectivity index (χ3v) is 3.73. The summed E-state index contributed by atoms with van der Waals surface area (Å²) in [5.41, 5.74) is 10.6. The van der Waals surface area contributed by atoms with E-state index in [4.69, 9.17) is 16.6 Å². The molecule has 0 saturated heterocycles. The van der Waals surface area contributed by atoms with Crippen molar-refractivity contribution in [1.82, 2.24) is 20.6 Å². The Morgan fingerprint density at radius 2 is 1.28 bits per heavy atom. The second-order valence-electron chi connectivity index (χ2n) is 5.94. The topological polar surface area (TPSA) is 209 Å². The zero-order chi connectivity index (χ0) is 21.4. The number of carbonyl (C=O) groups is 4. The molecule has 2 rings (SSSR count). The van der Waals surface area contributed by atoms with Crippen molar-refractivity contribution in [3.05, 3.63) is 47.0 Å². The second-order valence-corrected chi connectivity index (χ2v) is 5.94. The molecule has 0 saturated carbocycles. The van der Waals surface area contributed by atoms with E-state index in [1.165, 1.54) is 24.3 Å². The minimum absolute atomic E-state index is 0.0645. The predicted octanol–water partition coefficient (Wildman–Crippen LogP) is -0.605. The van der Waals surface area contributed by atoms with E-state index in [0.717, 1.165) is 0 Å². The highest BCUT2D eigenvalue weighted by molar-refractivity contribution is 6.02. The van der Waals surface area contributed by atoms with Gasteiger partial charge in [-0.25, -0.2) is 4.79 Å². The SMILES string of the molecule is NC(N)=NC(=O)c1ccc(C(=O)NCCCCNC(=O)c2ccc(C(=O)O)[nH]2)[nH]1. The van der Waals surface area contributed by atoms with Gasteiger partial charge in [0.1, 0.15) is 22.8 Å². The van der Waals surface area contributed by atoms with Crippen molar-refractivity contribution in [3.8, 4) is 0 Å². The van der Waals surface area contributed by atoms with E-state index in [0.29, 0.717) is 25.9 Å². The van der Waals surface area contributed by atoms with E-state index in [9.17, 15) is 19.2 Å². The molecule has 0 aliphatic carbocycles. The van der Waals surface area contributed by atoms with Crippen molar-refractivity contribution in [1.29, 1.82) is 0 Å². The Hall–Kier alpha value is -4.09. The van der Waals surface area contributed by atoms with Crippen LogP contribution in [-0.4, -0.2) is 57.8 Å². The standard InChI is InChI=1S/C17H21N7O5/c18-17(19)24-15(27)11-4-3-9(22-11)13(25)20-7-1-2-8-21-14(26)10-5-6-12(23-10)16(28)29/h3-6,22-23H,1-2,7-8H2,(H,20,25)(H,21,26)(H,28,29)(H4,18,19,24,27). The Morgan fingerprint density at radius 3 is 1.72 bits per heavy atom. The van der Waals surface area contributed by atoms with Gasteiger partial charge in [0.2, 0.25) is 0 Å². The molecule has 9 N–H and O–H groups in total. The number of carboxylic acids is 1. The maximum Gasteiger partial charge on any atom is 0.352 e. The van der Waals surface area contributed by atoms with Gasteiger partial charge in [0.25, 0.3) is 17.7 Å². The van der Waals surface area contributed by atoms with Gasteiger partial charge >= 0.3 is 5.97 Å². The van der Waals surface area contributed by atoms with Crippen LogP contribution in [0.15, 0.2) is 29.3 Å². The van der Waals surface area contributed by atoms with Gasteiger partial charge in [0.05, 0.1) is 0 Å². The van der Waals surface area contributed by atoms with E-state index in [2.05, 4.69) is 25.6 Å². The highest BCUT2D eigenvalue weighted by atomic mass is 16.4. The molecule has 0 aliphatic heterocycles.